The zero-order chi connectivity index (χ0) is 23.0. The number of nitrogen functional groups attached to an aromatic ring is 1. The molecule has 0 fully saturated rings. The summed E-state index contributed by atoms with van der Waals surface area (Å²) >= 11 is 0. The molecular formula is C25H25N7O. The number of allylic oxidation sites excluding steroid dienone is 4. The molecule has 0 spiro atoms. The van der Waals surface area contributed by atoms with Gasteiger partial charge in [0.1, 0.15) is 28.9 Å². The summed E-state index contributed by atoms with van der Waals surface area (Å²) < 4.78 is 6.04. The van der Waals surface area contributed by atoms with E-state index in [0.29, 0.717) is 36.1 Å². The Bertz CT molecular complexity index is 1250. The van der Waals surface area contributed by atoms with E-state index in [-0.39, 0.29) is 5.95 Å². The second-order valence-electron chi connectivity index (χ2n) is 7.19. The van der Waals surface area contributed by atoms with Crippen LogP contribution in [0.3, 0.4) is 0 Å². The van der Waals surface area contributed by atoms with Gasteiger partial charge in [0.15, 0.2) is 0 Å². The lowest BCUT2D eigenvalue weighted by molar-refractivity contribution is 0.415. The summed E-state index contributed by atoms with van der Waals surface area (Å²) in [7, 11) is 0. The maximum absolute atomic E-state index is 6.04. The lowest BCUT2D eigenvalue weighted by Crippen LogP contribution is -2.15. The van der Waals surface area contributed by atoms with E-state index in [4.69, 9.17) is 16.2 Å². The summed E-state index contributed by atoms with van der Waals surface area (Å²) in [5.74, 6) is 2.63. The van der Waals surface area contributed by atoms with E-state index >= 15 is 0 Å². The van der Waals surface area contributed by atoms with Crippen LogP contribution in [0.2, 0.25) is 0 Å². The van der Waals surface area contributed by atoms with Crippen molar-refractivity contribution in [1.29, 1.82) is 0 Å². The van der Waals surface area contributed by atoms with Gasteiger partial charge in [0.2, 0.25) is 5.95 Å². The SMILES string of the molecule is CCN=C(N)c1cc(OC2=CC=C(Nc3cc(-c4ccccc4)nc(N)n3)C=CC2)ccn1. The number of amidine groups is 1. The van der Waals surface area contributed by atoms with Crippen LogP contribution in [0.15, 0.2) is 95.5 Å². The van der Waals surface area contributed by atoms with Crippen molar-refractivity contribution in [2.45, 2.75) is 13.3 Å². The number of aromatic nitrogens is 3. The first-order valence-electron chi connectivity index (χ1n) is 10.6. The molecule has 1 aliphatic rings. The Morgan fingerprint density at radius 1 is 1.12 bits per heavy atom. The first-order valence-corrected chi connectivity index (χ1v) is 10.6. The van der Waals surface area contributed by atoms with E-state index in [9.17, 15) is 0 Å². The number of benzene rings is 1. The molecule has 8 heteroatoms. The Morgan fingerprint density at radius 3 is 2.79 bits per heavy atom. The molecule has 0 amide bonds. The van der Waals surface area contributed by atoms with Gasteiger partial charge in [-0.25, -0.2) is 4.98 Å². The van der Waals surface area contributed by atoms with Crippen LogP contribution < -0.4 is 21.5 Å². The smallest absolute Gasteiger partial charge is 0.222 e. The van der Waals surface area contributed by atoms with Crippen molar-refractivity contribution in [1.82, 2.24) is 15.0 Å². The molecule has 33 heavy (non-hydrogen) atoms. The number of pyridine rings is 1. The standard InChI is InChI=1S/C25H25N7O/c1-2-28-24(26)22-15-20(13-14-29-22)33-19-10-6-9-18(11-12-19)30-23-16-21(31-25(27)32-23)17-7-4-3-5-8-17/h3-9,11-16H,2,10H2,1H3,(H2,26,28)(H3,27,30,31,32). The van der Waals surface area contributed by atoms with Gasteiger partial charge < -0.3 is 21.5 Å². The molecule has 166 valence electrons. The minimum absolute atomic E-state index is 0.205. The third-order valence-electron chi connectivity index (χ3n) is 4.72. The van der Waals surface area contributed by atoms with Gasteiger partial charge >= 0.3 is 0 Å². The minimum atomic E-state index is 0.205. The predicted octanol–water partition coefficient (Wildman–Crippen LogP) is 4.06. The van der Waals surface area contributed by atoms with Gasteiger partial charge in [0.25, 0.3) is 0 Å². The third-order valence-corrected chi connectivity index (χ3v) is 4.72. The van der Waals surface area contributed by atoms with Gasteiger partial charge in [-0.1, -0.05) is 36.4 Å². The average Bonchev–Trinajstić information content (AvgIpc) is 3.04. The molecule has 0 saturated carbocycles. The highest BCUT2D eigenvalue weighted by atomic mass is 16.5. The first-order chi connectivity index (χ1) is 16.1. The summed E-state index contributed by atoms with van der Waals surface area (Å²) in [6.45, 7) is 2.52. The van der Waals surface area contributed by atoms with Gasteiger partial charge in [-0.2, -0.15) is 4.98 Å². The van der Waals surface area contributed by atoms with Crippen LogP contribution in [0.4, 0.5) is 11.8 Å². The summed E-state index contributed by atoms with van der Waals surface area (Å²) in [4.78, 5) is 17.1. The normalized spacial score (nSPS) is 13.7. The van der Waals surface area contributed by atoms with Crippen LogP contribution >= 0.6 is 0 Å². The Hall–Kier alpha value is -4.46. The van der Waals surface area contributed by atoms with E-state index in [2.05, 4.69) is 25.3 Å². The van der Waals surface area contributed by atoms with Crippen LogP contribution in [0, 0.1) is 0 Å². The molecule has 1 aromatic carbocycles. The maximum atomic E-state index is 6.04. The molecule has 0 radical (unpaired) electrons. The Kier molecular flexibility index (Phi) is 6.75. The average molecular weight is 440 g/mol. The molecule has 0 saturated heterocycles. The molecular weight excluding hydrogens is 414 g/mol. The van der Waals surface area contributed by atoms with E-state index in [0.717, 1.165) is 22.7 Å². The molecule has 0 aliphatic heterocycles. The number of hydrogen-bond donors (Lipinski definition) is 3. The molecule has 0 atom stereocenters. The van der Waals surface area contributed by atoms with Crippen LogP contribution in [0.5, 0.6) is 5.75 Å². The van der Waals surface area contributed by atoms with E-state index in [1.807, 2.05) is 67.6 Å². The topological polar surface area (TPSA) is 124 Å². The predicted molar refractivity (Wildman–Crippen MR) is 132 cm³/mol. The number of ether oxygens (including phenoxy) is 1. The van der Waals surface area contributed by atoms with Gasteiger partial charge in [0, 0.05) is 42.6 Å². The minimum Gasteiger partial charge on any atom is -0.461 e. The maximum Gasteiger partial charge on any atom is 0.222 e. The van der Waals surface area contributed by atoms with Gasteiger partial charge in [-0.15, -0.1) is 0 Å². The molecule has 1 aliphatic carbocycles. The molecule has 0 bridgehead atoms. The monoisotopic (exact) mass is 439 g/mol. The van der Waals surface area contributed by atoms with E-state index < -0.39 is 0 Å². The number of hydrogen-bond acceptors (Lipinski definition) is 7. The molecule has 2 aromatic heterocycles. The second kappa shape index (κ2) is 10.2. The molecule has 3 aromatic rings. The highest BCUT2D eigenvalue weighted by Crippen LogP contribution is 2.23. The molecule has 0 unspecified atom stereocenters. The molecule has 5 N–H and O–H groups in total. The lowest BCUT2D eigenvalue weighted by atomic mass is 10.1. The Labute approximate surface area is 192 Å². The second-order valence-corrected chi connectivity index (χ2v) is 7.19. The fraction of sp³-hybridized carbons (Fsp3) is 0.120. The largest absolute Gasteiger partial charge is 0.461 e. The van der Waals surface area contributed by atoms with Crippen LogP contribution in [0.25, 0.3) is 11.3 Å². The zero-order valence-corrected chi connectivity index (χ0v) is 18.3. The van der Waals surface area contributed by atoms with E-state index in [1.165, 1.54) is 0 Å². The highest BCUT2D eigenvalue weighted by Gasteiger charge is 2.08. The number of nitrogens with one attached hydrogen (secondary N) is 1. The lowest BCUT2D eigenvalue weighted by Gasteiger charge is -2.09. The number of nitrogens with two attached hydrogens (primary N) is 2. The first kappa shape index (κ1) is 21.8. The van der Waals surface area contributed by atoms with Crippen LogP contribution in [-0.2, 0) is 0 Å². The van der Waals surface area contributed by atoms with Crippen LogP contribution in [0.1, 0.15) is 19.0 Å². The molecule has 8 nitrogen and oxygen atoms in total. The summed E-state index contributed by atoms with van der Waals surface area (Å²) in [6, 6.07) is 15.3. The van der Waals surface area contributed by atoms with E-state index in [1.54, 1.807) is 18.3 Å². The number of anilines is 2. The van der Waals surface area contributed by atoms with Crippen molar-refractivity contribution < 1.29 is 4.74 Å². The number of rotatable bonds is 7. The third kappa shape index (κ3) is 5.82. The molecule has 4 rings (SSSR count). The van der Waals surface area contributed by atoms with Gasteiger partial charge in [-0.3, -0.25) is 9.98 Å². The summed E-state index contributed by atoms with van der Waals surface area (Å²) in [6.07, 6.45) is 10.1. The zero-order valence-electron chi connectivity index (χ0n) is 18.3. The molecule has 2 heterocycles. The van der Waals surface area contributed by atoms with Crippen molar-refractivity contribution in [2.75, 3.05) is 17.6 Å². The summed E-state index contributed by atoms with van der Waals surface area (Å²) in [5.41, 5.74) is 15.1. The Morgan fingerprint density at radius 2 is 1.97 bits per heavy atom. The van der Waals surface area contributed by atoms with Crippen molar-refractivity contribution >= 4 is 17.6 Å². The van der Waals surface area contributed by atoms with Crippen molar-refractivity contribution in [3.05, 3.63) is 96.2 Å². The quantitative estimate of drug-likeness (QED) is 0.374. The van der Waals surface area contributed by atoms with Crippen molar-refractivity contribution in [2.24, 2.45) is 10.7 Å². The summed E-state index contributed by atoms with van der Waals surface area (Å²) in [5, 5.41) is 3.30. The van der Waals surface area contributed by atoms with Crippen molar-refractivity contribution in [3.8, 4) is 17.0 Å². The Balaban J connectivity index is 1.50. The number of nitrogens with zero attached hydrogens (tertiary/aromatic N) is 4. The fourth-order valence-corrected chi connectivity index (χ4v) is 3.22. The van der Waals surface area contributed by atoms with Crippen LogP contribution in [-0.4, -0.2) is 27.3 Å². The number of aliphatic imine (C=N–C) groups is 1. The highest BCUT2D eigenvalue weighted by molar-refractivity contribution is 5.95. The van der Waals surface area contributed by atoms with Gasteiger partial charge in [0.05, 0.1) is 5.69 Å². The van der Waals surface area contributed by atoms with Crippen molar-refractivity contribution in [3.63, 3.8) is 0 Å². The fourth-order valence-electron chi connectivity index (χ4n) is 3.22. The van der Waals surface area contributed by atoms with Gasteiger partial charge in [-0.05, 0) is 31.2 Å².